The molecule has 1 aromatic carbocycles. The van der Waals surface area contributed by atoms with E-state index in [0.717, 1.165) is 29.8 Å². The van der Waals surface area contributed by atoms with E-state index in [1.807, 2.05) is 49.4 Å². The lowest BCUT2D eigenvalue weighted by Crippen LogP contribution is -2.31. The van der Waals surface area contributed by atoms with Crippen LogP contribution in [0.15, 0.2) is 48.7 Å². The molecule has 1 amide bonds. The maximum Gasteiger partial charge on any atom is 0.223 e. The number of hydrogen-bond acceptors (Lipinski definition) is 3. The summed E-state index contributed by atoms with van der Waals surface area (Å²) in [5, 5.41) is 3.14. The summed E-state index contributed by atoms with van der Waals surface area (Å²) in [6.45, 7) is 2.43. The molecule has 1 aliphatic carbocycles. The van der Waals surface area contributed by atoms with Gasteiger partial charge in [-0.2, -0.15) is 0 Å². The third kappa shape index (κ3) is 4.31. The fourth-order valence-electron chi connectivity index (χ4n) is 2.69. The summed E-state index contributed by atoms with van der Waals surface area (Å²) in [4.78, 5) is 16.7. The Hall–Kier alpha value is -2.36. The van der Waals surface area contributed by atoms with Crippen molar-refractivity contribution in [2.24, 2.45) is 5.92 Å². The van der Waals surface area contributed by atoms with E-state index >= 15 is 0 Å². The molecule has 1 aromatic heterocycles. The number of amides is 1. The number of aromatic nitrogens is 1. The van der Waals surface area contributed by atoms with Gasteiger partial charge in [0.2, 0.25) is 5.91 Å². The van der Waals surface area contributed by atoms with Gasteiger partial charge in [0.15, 0.2) is 0 Å². The Morgan fingerprint density at radius 3 is 2.74 bits per heavy atom. The first-order valence-corrected chi connectivity index (χ1v) is 8.13. The molecule has 0 spiro atoms. The minimum absolute atomic E-state index is 0.0166. The lowest BCUT2D eigenvalue weighted by molar-refractivity contribution is -0.122. The summed E-state index contributed by atoms with van der Waals surface area (Å²) in [7, 11) is 0. The first-order valence-electron chi connectivity index (χ1n) is 8.13. The molecule has 1 fully saturated rings. The number of para-hydroxylation sites is 1. The number of hydrogen-bond donors (Lipinski definition) is 1. The van der Waals surface area contributed by atoms with Gasteiger partial charge in [-0.15, -0.1) is 0 Å². The van der Waals surface area contributed by atoms with Crippen molar-refractivity contribution in [3.05, 3.63) is 59.9 Å². The second-order valence-corrected chi connectivity index (χ2v) is 6.00. The lowest BCUT2D eigenvalue weighted by atomic mass is 10.0. The van der Waals surface area contributed by atoms with Crippen molar-refractivity contribution in [2.75, 3.05) is 6.61 Å². The van der Waals surface area contributed by atoms with Crippen LogP contribution < -0.4 is 10.1 Å². The molecule has 0 aliphatic heterocycles. The quantitative estimate of drug-likeness (QED) is 0.852. The molecule has 4 heteroatoms. The summed E-state index contributed by atoms with van der Waals surface area (Å²) in [6.07, 6.45) is 4.45. The molecule has 0 saturated heterocycles. The molecule has 3 rings (SSSR count). The highest BCUT2D eigenvalue weighted by Gasteiger charge is 2.34. The molecule has 0 unspecified atom stereocenters. The summed E-state index contributed by atoms with van der Waals surface area (Å²) in [5.41, 5.74) is 2.12. The van der Waals surface area contributed by atoms with Crippen LogP contribution in [0.5, 0.6) is 5.75 Å². The Morgan fingerprint density at radius 1 is 1.26 bits per heavy atom. The largest absolute Gasteiger partial charge is 0.493 e. The van der Waals surface area contributed by atoms with E-state index in [1.54, 1.807) is 6.20 Å². The van der Waals surface area contributed by atoms with Crippen LogP contribution >= 0.6 is 0 Å². The number of aryl methyl sites for hydroxylation is 1. The number of nitrogens with zero attached hydrogens (tertiary/aromatic N) is 1. The van der Waals surface area contributed by atoms with Crippen molar-refractivity contribution >= 4 is 5.91 Å². The van der Waals surface area contributed by atoms with E-state index in [9.17, 15) is 4.79 Å². The Kier molecular flexibility index (Phi) is 4.91. The smallest absolute Gasteiger partial charge is 0.223 e. The highest BCUT2D eigenvalue weighted by molar-refractivity contribution is 5.76. The molecule has 1 aliphatic rings. The lowest BCUT2D eigenvalue weighted by Gasteiger charge is -2.19. The standard InChI is InChI=1S/C19H22N2O2/c1-14-6-5-12-20-18(14)19(15-9-10-15)21-17(22)11-13-23-16-7-3-2-4-8-16/h2-8,12,15,19H,9-11,13H2,1H3,(H,21,22)/t19-/m0/s1. The molecular weight excluding hydrogens is 288 g/mol. The number of carbonyl (C=O) groups is 1. The highest BCUT2D eigenvalue weighted by Crippen LogP contribution is 2.41. The molecule has 120 valence electrons. The predicted octanol–water partition coefficient (Wildman–Crippen LogP) is 3.43. The number of pyridine rings is 1. The summed E-state index contributed by atoms with van der Waals surface area (Å²) >= 11 is 0. The maximum absolute atomic E-state index is 12.2. The van der Waals surface area contributed by atoms with Gasteiger partial charge < -0.3 is 10.1 Å². The van der Waals surface area contributed by atoms with Gasteiger partial charge >= 0.3 is 0 Å². The summed E-state index contributed by atoms with van der Waals surface area (Å²) in [6, 6.07) is 13.6. The van der Waals surface area contributed by atoms with Crippen LogP contribution in [0.3, 0.4) is 0 Å². The van der Waals surface area contributed by atoms with E-state index < -0.39 is 0 Å². The van der Waals surface area contributed by atoms with Gasteiger partial charge in [-0.1, -0.05) is 24.3 Å². The fourth-order valence-corrected chi connectivity index (χ4v) is 2.69. The van der Waals surface area contributed by atoms with Crippen molar-refractivity contribution in [3.8, 4) is 5.75 Å². The molecule has 23 heavy (non-hydrogen) atoms. The molecule has 0 bridgehead atoms. The monoisotopic (exact) mass is 310 g/mol. The van der Waals surface area contributed by atoms with Crippen molar-refractivity contribution in [1.29, 1.82) is 0 Å². The van der Waals surface area contributed by atoms with Gasteiger partial charge in [0.1, 0.15) is 5.75 Å². The Labute approximate surface area is 136 Å². The first-order chi connectivity index (χ1) is 11.2. The Balaban J connectivity index is 1.54. The number of rotatable bonds is 7. The van der Waals surface area contributed by atoms with E-state index in [0.29, 0.717) is 18.9 Å². The van der Waals surface area contributed by atoms with Gasteiger partial charge in [-0.25, -0.2) is 0 Å². The number of nitrogens with one attached hydrogen (secondary N) is 1. The second kappa shape index (κ2) is 7.27. The summed E-state index contributed by atoms with van der Waals surface area (Å²) in [5.74, 6) is 1.32. The van der Waals surface area contributed by atoms with Gasteiger partial charge in [0.05, 0.1) is 24.8 Å². The third-order valence-corrected chi connectivity index (χ3v) is 4.10. The van der Waals surface area contributed by atoms with Crippen LogP contribution in [-0.4, -0.2) is 17.5 Å². The van der Waals surface area contributed by atoms with Crippen molar-refractivity contribution in [3.63, 3.8) is 0 Å². The average Bonchev–Trinajstić information content (AvgIpc) is 3.39. The van der Waals surface area contributed by atoms with E-state index in [2.05, 4.69) is 10.3 Å². The second-order valence-electron chi connectivity index (χ2n) is 6.00. The summed E-state index contributed by atoms with van der Waals surface area (Å²) < 4.78 is 5.59. The topological polar surface area (TPSA) is 51.2 Å². The minimum Gasteiger partial charge on any atom is -0.493 e. The molecule has 2 aromatic rings. The third-order valence-electron chi connectivity index (χ3n) is 4.10. The SMILES string of the molecule is Cc1cccnc1[C@@H](NC(=O)CCOc1ccccc1)C1CC1. The number of ether oxygens (including phenoxy) is 1. The zero-order valence-corrected chi connectivity index (χ0v) is 13.4. The van der Waals surface area contributed by atoms with E-state index in [-0.39, 0.29) is 11.9 Å². The van der Waals surface area contributed by atoms with E-state index in [4.69, 9.17) is 4.74 Å². The minimum atomic E-state index is 0.0166. The molecule has 4 nitrogen and oxygen atoms in total. The molecule has 1 heterocycles. The molecule has 1 atom stereocenters. The zero-order valence-electron chi connectivity index (χ0n) is 13.4. The molecule has 0 radical (unpaired) electrons. The van der Waals surface area contributed by atoms with Crippen molar-refractivity contribution in [1.82, 2.24) is 10.3 Å². The van der Waals surface area contributed by atoms with Crippen LogP contribution in [0.1, 0.15) is 36.6 Å². The first kappa shape index (κ1) is 15.5. The highest BCUT2D eigenvalue weighted by atomic mass is 16.5. The van der Waals surface area contributed by atoms with Crippen LogP contribution in [-0.2, 0) is 4.79 Å². The normalized spacial score (nSPS) is 15.0. The predicted molar refractivity (Wildman–Crippen MR) is 89.1 cm³/mol. The van der Waals surface area contributed by atoms with E-state index in [1.165, 1.54) is 0 Å². The van der Waals surface area contributed by atoms with Crippen LogP contribution in [0, 0.1) is 12.8 Å². The van der Waals surface area contributed by atoms with Gasteiger partial charge in [-0.3, -0.25) is 9.78 Å². The van der Waals surface area contributed by atoms with Gasteiger partial charge in [0, 0.05) is 6.20 Å². The molecular formula is C19H22N2O2. The molecule has 1 saturated carbocycles. The number of carbonyl (C=O) groups excluding carboxylic acids is 1. The van der Waals surface area contributed by atoms with Crippen LogP contribution in [0.2, 0.25) is 0 Å². The maximum atomic E-state index is 12.2. The average molecular weight is 310 g/mol. The number of benzene rings is 1. The Bertz CT molecular complexity index is 653. The van der Waals surface area contributed by atoms with Crippen LogP contribution in [0.4, 0.5) is 0 Å². The van der Waals surface area contributed by atoms with Crippen molar-refractivity contribution < 1.29 is 9.53 Å². The fraction of sp³-hybridized carbons (Fsp3) is 0.368. The Morgan fingerprint density at radius 2 is 2.04 bits per heavy atom. The van der Waals surface area contributed by atoms with Gasteiger partial charge in [0.25, 0.3) is 0 Å². The zero-order chi connectivity index (χ0) is 16.1. The molecule has 1 N–H and O–H groups in total. The van der Waals surface area contributed by atoms with Crippen molar-refractivity contribution in [2.45, 2.75) is 32.2 Å². The van der Waals surface area contributed by atoms with Crippen LogP contribution in [0.25, 0.3) is 0 Å². The van der Waals surface area contributed by atoms with Gasteiger partial charge in [-0.05, 0) is 49.4 Å².